The molecule has 2 unspecified atom stereocenters. The summed E-state index contributed by atoms with van der Waals surface area (Å²) >= 11 is 0. The highest BCUT2D eigenvalue weighted by atomic mass is 31.2. The van der Waals surface area contributed by atoms with Crippen molar-refractivity contribution in [2.24, 2.45) is 0 Å². The zero-order valence-electron chi connectivity index (χ0n) is 12.5. The fourth-order valence-corrected chi connectivity index (χ4v) is 3.64. The van der Waals surface area contributed by atoms with Crippen LogP contribution in [0.4, 0.5) is 27.6 Å². The first-order valence-corrected chi connectivity index (χ1v) is 7.94. The van der Waals surface area contributed by atoms with Crippen molar-refractivity contribution in [3.05, 3.63) is 58.9 Å². The van der Waals surface area contributed by atoms with Crippen molar-refractivity contribution in [2.75, 3.05) is 11.7 Å². The van der Waals surface area contributed by atoms with Crippen LogP contribution in [0.15, 0.2) is 24.3 Å². The van der Waals surface area contributed by atoms with Crippen molar-refractivity contribution < 1.29 is 31.0 Å². The third kappa shape index (κ3) is 2.59. The summed E-state index contributed by atoms with van der Waals surface area (Å²) in [5, 5.41) is 0. The molecular formula is C15H11F5NO2P. The number of para-hydroxylation sites is 2. The number of fused-ring (bicyclic) bond motifs is 1. The number of nitrogens with zero attached hydrogens (tertiary/aromatic N) is 1. The van der Waals surface area contributed by atoms with Gasteiger partial charge in [-0.3, -0.25) is 9.19 Å². The lowest BCUT2D eigenvalue weighted by molar-refractivity contribution is 0.213. The molecule has 0 saturated carbocycles. The molecule has 0 aliphatic carbocycles. The van der Waals surface area contributed by atoms with Crippen LogP contribution < -0.4 is 9.19 Å². The Kier molecular flexibility index (Phi) is 4.36. The molecule has 3 nitrogen and oxygen atoms in total. The SMILES string of the molecule is CC(OP1Oc2ccccc2N1C)c1c(F)c(F)c(F)c(F)c1F. The first-order valence-electron chi connectivity index (χ1n) is 6.81. The van der Waals surface area contributed by atoms with E-state index >= 15 is 0 Å². The summed E-state index contributed by atoms with van der Waals surface area (Å²) in [5.74, 6) is -9.52. The zero-order valence-corrected chi connectivity index (χ0v) is 13.4. The maximum Gasteiger partial charge on any atom is 0.353 e. The molecule has 9 heteroatoms. The van der Waals surface area contributed by atoms with E-state index in [0.717, 1.165) is 0 Å². The monoisotopic (exact) mass is 363 g/mol. The van der Waals surface area contributed by atoms with Gasteiger partial charge in [-0.25, -0.2) is 22.0 Å². The summed E-state index contributed by atoms with van der Waals surface area (Å²) in [4.78, 5) is 0. The van der Waals surface area contributed by atoms with Crippen molar-refractivity contribution in [3.8, 4) is 5.75 Å². The third-order valence-electron chi connectivity index (χ3n) is 3.53. The van der Waals surface area contributed by atoms with Crippen molar-refractivity contribution in [1.29, 1.82) is 0 Å². The van der Waals surface area contributed by atoms with Gasteiger partial charge >= 0.3 is 8.53 Å². The highest BCUT2D eigenvalue weighted by molar-refractivity contribution is 7.50. The first kappa shape index (κ1) is 16.9. The van der Waals surface area contributed by atoms with Crippen molar-refractivity contribution in [1.82, 2.24) is 0 Å². The van der Waals surface area contributed by atoms with Crippen molar-refractivity contribution in [2.45, 2.75) is 13.0 Å². The van der Waals surface area contributed by atoms with Gasteiger partial charge in [0.05, 0.1) is 17.4 Å². The average molecular weight is 363 g/mol. The topological polar surface area (TPSA) is 21.7 Å². The molecule has 0 radical (unpaired) electrons. The fourth-order valence-electron chi connectivity index (χ4n) is 2.29. The van der Waals surface area contributed by atoms with Gasteiger partial charge < -0.3 is 4.52 Å². The summed E-state index contributed by atoms with van der Waals surface area (Å²) in [6.07, 6.45) is -1.41. The second kappa shape index (κ2) is 6.18. The molecule has 0 amide bonds. The van der Waals surface area contributed by atoms with E-state index in [1.165, 1.54) is 6.92 Å². The Labute approximate surface area is 135 Å². The molecule has 128 valence electrons. The van der Waals surface area contributed by atoms with Crippen LogP contribution in [0.3, 0.4) is 0 Å². The van der Waals surface area contributed by atoms with Crippen LogP contribution in [0.5, 0.6) is 5.75 Å². The second-order valence-electron chi connectivity index (χ2n) is 5.05. The number of halogens is 5. The summed E-state index contributed by atoms with van der Waals surface area (Å²) in [6.45, 7) is 1.20. The Hall–Kier alpha value is -1.92. The van der Waals surface area contributed by atoms with Crippen LogP contribution >= 0.6 is 8.53 Å². The minimum atomic E-state index is -2.20. The minimum absolute atomic E-state index is 0.510. The molecule has 0 fully saturated rings. The molecular weight excluding hydrogens is 352 g/mol. The van der Waals surface area contributed by atoms with Gasteiger partial charge in [0.15, 0.2) is 29.0 Å². The number of anilines is 1. The van der Waals surface area contributed by atoms with E-state index in [4.69, 9.17) is 9.05 Å². The van der Waals surface area contributed by atoms with Gasteiger partial charge in [-0.1, -0.05) is 12.1 Å². The summed E-state index contributed by atoms with van der Waals surface area (Å²) in [7, 11) is -0.145. The van der Waals surface area contributed by atoms with Gasteiger partial charge in [0.25, 0.3) is 0 Å². The molecule has 0 aromatic heterocycles. The molecule has 0 spiro atoms. The highest BCUT2D eigenvalue weighted by Crippen LogP contribution is 2.57. The molecule has 0 saturated heterocycles. The Morgan fingerprint density at radius 1 is 0.958 bits per heavy atom. The highest BCUT2D eigenvalue weighted by Gasteiger charge is 2.35. The van der Waals surface area contributed by atoms with Crippen LogP contribution in [-0.4, -0.2) is 7.05 Å². The quantitative estimate of drug-likeness (QED) is 0.323. The van der Waals surface area contributed by atoms with Gasteiger partial charge in [0, 0.05) is 7.05 Å². The van der Waals surface area contributed by atoms with Crippen LogP contribution in [0.25, 0.3) is 0 Å². The van der Waals surface area contributed by atoms with Crippen LogP contribution in [0.1, 0.15) is 18.6 Å². The van der Waals surface area contributed by atoms with E-state index in [0.29, 0.717) is 11.4 Å². The summed E-state index contributed by atoms with van der Waals surface area (Å²) < 4.78 is 80.0. The largest absolute Gasteiger partial charge is 0.429 e. The lowest BCUT2D eigenvalue weighted by atomic mass is 10.1. The standard InChI is InChI=1S/C15H11F5NO2P/c1-7(10-11(16)13(18)15(20)14(19)12(10)17)22-24-21(2)8-5-3-4-6-9(8)23-24/h3-7H,1-2H3. The van der Waals surface area contributed by atoms with Crippen LogP contribution in [-0.2, 0) is 4.52 Å². The van der Waals surface area contributed by atoms with E-state index in [1.54, 1.807) is 36.0 Å². The van der Waals surface area contributed by atoms with E-state index in [-0.39, 0.29) is 0 Å². The normalized spacial score (nSPS) is 17.6. The Morgan fingerprint density at radius 3 is 2.08 bits per heavy atom. The molecule has 0 bridgehead atoms. The van der Waals surface area contributed by atoms with Gasteiger partial charge in [-0.2, -0.15) is 0 Å². The first-order chi connectivity index (χ1) is 11.3. The van der Waals surface area contributed by atoms with E-state index in [2.05, 4.69) is 0 Å². The Bertz CT molecular complexity index is 775. The maximum atomic E-state index is 13.8. The number of benzene rings is 2. The lowest BCUT2D eigenvalue weighted by Crippen LogP contribution is -2.14. The second-order valence-corrected chi connectivity index (χ2v) is 6.52. The Morgan fingerprint density at radius 2 is 1.50 bits per heavy atom. The predicted octanol–water partition coefficient (Wildman–Crippen LogP) is 5.22. The number of rotatable bonds is 3. The van der Waals surface area contributed by atoms with Crippen LogP contribution in [0.2, 0.25) is 0 Å². The maximum absolute atomic E-state index is 13.8. The summed E-state index contributed by atoms with van der Waals surface area (Å²) in [6, 6.07) is 6.94. The molecule has 2 aromatic rings. The lowest BCUT2D eigenvalue weighted by Gasteiger charge is -2.23. The van der Waals surface area contributed by atoms with Gasteiger partial charge in [-0.15, -0.1) is 0 Å². The van der Waals surface area contributed by atoms with E-state index in [9.17, 15) is 22.0 Å². The van der Waals surface area contributed by atoms with Crippen LogP contribution in [0, 0.1) is 29.1 Å². The zero-order chi connectivity index (χ0) is 17.6. The third-order valence-corrected chi connectivity index (χ3v) is 5.09. The summed E-state index contributed by atoms with van der Waals surface area (Å²) in [5.41, 5.74) is -0.324. The molecule has 2 aromatic carbocycles. The fraction of sp³-hybridized carbons (Fsp3) is 0.200. The van der Waals surface area contributed by atoms with Gasteiger partial charge in [-0.05, 0) is 19.1 Å². The molecule has 1 heterocycles. The molecule has 24 heavy (non-hydrogen) atoms. The molecule has 1 aliphatic heterocycles. The molecule has 2 atom stereocenters. The number of hydrogen-bond acceptors (Lipinski definition) is 3. The number of hydrogen-bond donors (Lipinski definition) is 0. The van der Waals surface area contributed by atoms with E-state index < -0.39 is 49.3 Å². The predicted molar refractivity (Wildman–Crippen MR) is 78.1 cm³/mol. The molecule has 1 aliphatic rings. The Balaban J connectivity index is 1.89. The van der Waals surface area contributed by atoms with E-state index in [1.807, 2.05) is 0 Å². The smallest absolute Gasteiger partial charge is 0.353 e. The molecule has 3 rings (SSSR count). The van der Waals surface area contributed by atoms with Crippen molar-refractivity contribution >= 4 is 14.2 Å². The average Bonchev–Trinajstić information content (AvgIpc) is 2.88. The minimum Gasteiger partial charge on any atom is -0.429 e. The van der Waals surface area contributed by atoms with Crippen molar-refractivity contribution in [3.63, 3.8) is 0 Å². The molecule has 0 N–H and O–H groups in total. The van der Waals surface area contributed by atoms with Gasteiger partial charge in [0.1, 0.15) is 0 Å². The van der Waals surface area contributed by atoms with Gasteiger partial charge in [0.2, 0.25) is 5.82 Å².